The van der Waals surface area contributed by atoms with Gasteiger partial charge in [-0.05, 0) is 6.42 Å². The smallest absolute Gasteiger partial charge is 0.226 e. The molecular weight excluding hydrogens is 226 g/mol. The van der Waals surface area contributed by atoms with Crippen LogP contribution < -0.4 is 0 Å². The number of carbonyl (C=O) groups is 1. The van der Waals surface area contributed by atoms with Crippen LogP contribution in [0.25, 0.3) is 0 Å². The van der Waals surface area contributed by atoms with Gasteiger partial charge in [0.25, 0.3) is 0 Å². The zero-order valence-electron chi connectivity index (χ0n) is 10.6. The summed E-state index contributed by atoms with van der Waals surface area (Å²) in [5, 5.41) is 0. The Morgan fingerprint density at radius 1 is 1.50 bits per heavy atom. The fraction of sp³-hybridized carbons (Fsp3) is 0.429. The van der Waals surface area contributed by atoms with Crippen molar-refractivity contribution in [2.75, 3.05) is 13.1 Å². The maximum atomic E-state index is 12.4. The van der Waals surface area contributed by atoms with Gasteiger partial charge >= 0.3 is 0 Å². The minimum atomic E-state index is 0.0415. The second kappa shape index (κ2) is 5.67. The Kier molecular flexibility index (Phi) is 3.97. The molecule has 1 aliphatic rings. The zero-order chi connectivity index (χ0) is 13.0. The molecule has 0 bridgehead atoms. The summed E-state index contributed by atoms with van der Waals surface area (Å²) in [7, 11) is 0. The van der Waals surface area contributed by atoms with Crippen molar-refractivity contribution in [3.05, 3.63) is 43.5 Å². The van der Waals surface area contributed by atoms with Gasteiger partial charge in [-0.1, -0.05) is 12.2 Å². The number of aryl methyl sites for hydroxylation is 1. The Morgan fingerprint density at radius 2 is 2.22 bits per heavy atom. The minimum Gasteiger partial charge on any atom is -0.335 e. The molecule has 1 unspecified atom stereocenters. The first-order chi connectivity index (χ1) is 8.76. The highest BCUT2D eigenvalue weighted by Gasteiger charge is 2.28. The minimum absolute atomic E-state index is 0.0415. The molecule has 2 rings (SSSR count). The van der Waals surface area contributed by atoms with E-state index in [0.29, 0.717) is 13.1 Å². The molecule has 0 N–H and O–H groups in total. The van der Waals surface area contributed by atoms with Crippen LogP contribution in [0, 0.1) is 5.92 Å². The third-order valence-electron chi connectivity index (χ3n) is 3.31. The summed E-state index contributed by atoms with van der Waals surface area (Å²) in [5.41, 5.74) is 0. The van der Waals surface area contributed by atoms with E-state index in [1.54, 1.807) is 23.2 Å². The molecule has 0 saturated heterocycles. The lowest BCUT2D eigenvalue weighted by molar-refractivity contribution is -0.135. The predicted molar refractivity (Wildman–Crippen MR) is 71.0 cm³/mol. The number of aromatic nitrogens is 2. The summed E-state index contributed by atoms with van der Waals surface area (Å²) in [5.74, 6) is 1.24. The zero-order valence-corrected chi connectivity index (χ0v) is 10.6. The predicted octanol–water partition coefficient (Wildman–Crippen LogP) is 1.65. The van der Waals surface area contributed by atoms with Crippen LogP contribution >= 0.6 is 0 Å². The molecule has 0 aromatic carbocycles. The maximum Gasteiger partial charge on any atom is 0.226 e. The van der Waals surface area contributed by atoms with Crippen molar-refractivity contribution >= 4 is 5.91 Å². The normalized spacial score (nSPS) is 17.9. The van der Waals surface area contributed by atoms with Gasteiger partial charge < -0.3 is 9.47 Å². The van der Waals surface area contributed by atoms with E-state index in [1.807, 2.05) is 6.20 Å². The third kappa shape index (κ3) is 2.53. The second-order valence-electron chi connectivity index (χ2n) is 4.55. The van der Waals surface area contributed by atoms with Gasteiger partial charge in [0.1, 0.15) is 5.82 Å². The fourth-order valence-electron chi connectivity index (χ4n) is 2.39. The molecule has 0 spiro atoms. The first-order valence-electron chi connectivity index (χ1n) is 6.27. The Labute approximate surface area is 108 Å². The van der Waals surface area contributed by atoms with Gasteiger partial charge in [-0.25, -0.2) is 4.98 Å². The third-order valence-corrected chi connectivity index (χ3v) is 3.31. The van der Waals surface area contributed by atoms with E-state index >= 15 is 0 Å². The SMILES string of the molecule is C=CCN(CC=C)C(=O)C1CCn2ccnc2C1. The van der Waals surface area contributed by atoms with Crippen LogP contribution in [-0.2, 0) is 17.8 Å². The summed E-state index contributed by atoms with van der Waals surface area (Å²) < 4.78 is 2.12. The molecule has 2 heterocycles. The average molecular weight is 245 g/mol. The summed E-state index contributed by atoms with van der Waals surface area (Å²) in [6, 6.07) is 0. The Hall–Kier alpha value is -1.84. The molecule has 4 nitrogen and oxygen atoms in total. The first-order valence-corrected chi connectivity index (χ1v) is 6.27. The lowest BCUT2D eigenvalue weighted by Gasteiger charge is -2.28. The van der Waals surface area contributed by atoms with Crippen molar-refractivity contribution in [2.45, 2.75) is 19.4 Å². The van der Waals surface area contributed by atoms with E-state index in [9.17, 15) is 4.79 Å². The summed E-state index contributed by atoms with van der Waals surface area (Å²) in [6.07, 6.45) is 8.90. The van der Waals surface area contributed by atoms with Crippen molar-refractivity contribution < 1.29 is 4.79 Å². The van der Waals surface area contributed by atoms with Gasteiger partial charge in [0, 0.05) is 44.4 Å². The largest absolute Gasteiger partial charge is 0.335 e. The number of fused-ring (bicyclic) bond motifs is 1. The lowest BCUT2D eigenvalue weighted by Crippen LogP contribution is -2.39. The standard InChI is InChI=1S/C14H19N3O/c1-3-7-17(8-4-2)14(18)12-5-9-16-10-6-15-13(16)11-12/h3-4,6,10,12H,1-2,5,7-9,11H2. The molecule has 1 atom stereocenters. The van der Waals surface area contributed by atoms with Gasteiger partial charge in [0.2, 0.25) is 5.91 Å². The molecule has 96 valence electrons. The molecule has 0 saturated carbocycles. The molecule has 18 heavy (non-hydrogen) atoms. The Morgan fingerprint density at radius 3 is 2.89 bits per heavy atom. The van der Waals surface area contributed by atoms with Gasteiger partial charge in [-0.2, -0.15) is 0 Å². The van der Waals surface area contributed by atoms with Crippen LogP contribution in [0.2, 0.25) is 0 Å². The quantitative estimate of drug-likeness (QED) is 0.740. The molecule has 1 aliphatic heterocycles. The van der Waals surface area contributed by atoms with Crippen LogP contribution in [0.1, 0.15) is 12.2 Å². The number of hydrogen-bond acceptors (Lipinski definition) is 2. The summed E-state index contributed by atoms with van der Waals surface area (Å²) in [6.45, 7) is 9.42. The second-order valence-corrected chi connectivity index (χ2v) is 4.55. The molecule has 0 aliphatic carbocycles. The van der Waals surface area contributed by atoms with E-state index in [4.69, 9.17) is 0 Å². The Balaban J connectivity index is 2.05. The van der Waals surface area contributed by atoms with E-state index in [0.717, 1.165) is 25.2 Å². The number of imidazole rings is 1. The van der Waals surface area contributed by atoms with Crippen molar-refractivity contribution in [3.63, 3.8) is 0 Å². The number of rotatable bonds is 5. The van der Waals surface area contributed by atoms with Crippen molar-refractivity contribution in [1.29, 1.82) is 0 Å². The topological polar surface area (TPSA) is 38.1 Å². The maximum absolute atomic E-state index is 12.4. The van der Waals surface area contributed by atoms with Crippen LogP contribution in [0.15, 0.2) is 37.7 Å². The summed E-state index contributed by atoms with van der Waals surface area (Å²) in [4.78, 5) is 18.5. The van der Waals surface area contributed by atoms with E-state index in [1.165, 1.54) is 0 Å². The van der Waals surface area contributed by atoms with Crippen LogP contribution in [-0.4, -0.2) is 33.4 Å². The molecule has 1 aromatic heterocycles. The molecular formula is C14H19N3O. The van der Waals surface area contributed by atoms with E-state index in [-0.39, 0.29) is 11.8 Å². The fourth-order valence-corrected chi connectivity index (χ4v) is 2.39. The summed E-state index contributed by atoms with van der Waals surface area (Å²) >= 11 is 0. The highest BCUT2D eigenvalue weighted by molar-refractivity contribution is 5.79. The van der Waals surface area contributed by atoms with Crippen molar-refractivity contribution in [3.8, 4) is 0 Å². The van der Waals surface area contributed by atoms with Gasteiger partial charge in [-0.15, -0.1) is 13.2 Å². The highest BCUT2D eigenvalue weighted by Crippen LogP contribution is 2.21. The van der Waals surface area contributed by atoms with Crippen LogP contribution in [0.4, 0.5) is 0 Å². The number of hydrogen-bond donors (Lipinski definition) is 0. The molecule has 4 heteroatoms. The van der Waals surface area contributed by atoms with Crippen molar-refractivity contribution in [1.82, 2.24) is 14.5 Å². The van der Waals surface area contributed by atoms with Gasteiger partial charge in [0.05, 0.1) is 0 Å². The molecule has 1 aromatic rings. The number of carbonyl (C=O) groups excluding carboxylic acids is 1. The van der Waals surface area contributed by atoms with Crippen molar-refractivity contribution in [2.24, 2.45) is 5.92 Å². The van der Waals surface area contributed by atoms with Crippen LogP contribution in [0.3, 0.4) is 0 Å². The number of amides is 1. The van der Waals surface area contributed by atoms with Crippen LogP contribution in [0.5, 0.6) is 0 Å². The first kappa shape index (κ1) is 12.6. The molecule has 0 radical (unpaired) electrons. The van der Waals surface area contributed by atoms with E-state index < -0.39 is 0 Å². The van der Waals surface area contributed by atoms with E-state index in [2.05, 4.69) is 22.7 Å². The average Bonchev–Trinajstić information content (AvgIpc) is 2.84. The number of nitrogens with zero attached hydrogens (tertiary/aromatic N) is 3. The molecule has 0 fully saturated rings. The lowest BCUT2D eigenvalue weighted by atomic mass is 9.96. The van der Waals surface area contributed by atoms with Gasteiger partial charge in [0.15, 0.2) is 0 Å². The monoisotopic (exact) mass is 245 g/mol. The highest BCUT2D eigenvalue weighted by atomic mass is 16.2. The Bertz CT molecular complexity index is 440. The molecule has 1 amide bonds. The van der Waals surface area contributed by atoms with Gasteiger partial charge in [-0.3, -0.25) is 4.79 Å².